The highest BCUT2D eigenvalue weighted by Gasteiger charge is 2.21. The molecule has 0 amide bonds. The quantitative estimate of drug-likeness (QED) is 0.859. The maximum atomic E-state index is 13.7. The number of aryl methyl sites for hydroxylation is 3. The van der Waals surface area contributed by atoms with E-state index in [0.29, 0.717) is 6.04 Å². The van der Waals surface area contributed by atoms with Crippen molar-refractivity contribution in [1.82, 2.24) is 5.32 Å². The minimum absolute atomic E-state index is 0.169. The van der Waals surface area contributed by atoms with Gasteiger partial charge < -0.3 is 5.32 Å². The first-order valence-corrected chi connectivity index (χ1v) is 7.64. The van der Waals surface area contributed by atoms with Crippen LogP contribution < -0.4 is 5.32 Å². The van der Waals surface area contributed by atoms with Crippen molar-refractivity contribution in [3.63, 3.8) is 0 Å². The number of rotatable bonds is 4. The van der Waals surface area contributed by atoms with Crippen molar-refractivity contribution in [2.45, 2.75) is 46.2 Å². The Hall–Kier alpha value is -1.67. The molecule has 0 heterocycles. The van der Waals surface area contributed by atoms with E-state index in [1.807, 2.05) is 6.07 Å². The van der Waals surface area contributed by atoms with Crippen molar-refractivity contribution in [3.05, 3.63) is 58.4 Å². The largest absolute Gasteiger partial charge is 0.310 e. The summed E-state index contributed by atoms with van der Waals surface area (Å²) in [6.07, 6.45) is 2.53. The van der Waals surface area contributed by atoms with Crippen LogP contribution in [0.5, 0.6) is 0 Å². The van der Waals surface area contributed by atoms with Crippen LogP contribution in [0.1, 0.15) is 35.1 Å². The van der Waals surface area contributed by atoms with Crippen molar-refractivity contribution < 1.29 is 4.39 Å². The van der Waals surface area contributed by atoms with E-state index in [1.54, 1.807) is 12.1 Å². The van der Waals surface area contributed by atoms with Crippen LogP contribution in [0.2, 0.25) is 0 Å². The first-order chi connectivity index (χ1) is 10.0. The molecule has 0 radical (unpaired) electrons. The van der Waals surface area contributed by atoms with Crippen molar-refractivity contribution in [2.75, 3.05) is 0 Å². The molecular formula is C19H22FN. The summed E-state index contributed by atoms with van der Waals surface area (Å²) in [4.78, 5) is 0. The summed E-state index contributed by atoms with van der Waals surface area (Å²) in [5.74, 6) is -0.169. The predicted octanol–water partition coefficient (Wildman–Crippen LogP) is 4.67. The van der Waals surface area contributed by atoms with Gasteiger partial charge in [0.15, 0.2) is 0 Å². The van der Waals surface area contributed by atoms with Crippen LogP contribution in [0.4, 0.5) is 4.39 Å². The number of halogens is 1. The van der Waals surface area contributed by atoms with Gasteiger partial charge in [-0.1, -0.05) is 18.2 Å². The van der Waals surface area contributed by atoms with E-state index < -0.39 is 0 Å². The van der Waals surface area contributed by atoms with Gasteiger partial charge in [0.1, 0.15) is 5.82 Å². The summed E-state index contributed by atoms with van der Waals surface area (Å²) in [5.41, 5.74) is 7.08. The number of hydrogen-bond donors (Lipinski definition) is 1. The predicted molar refractivity (Wildman–Crippen MR) is 85.9 cm³/mol. The summed E-state index contributed by atoms with van der Waals surface area (Å²) in [7, 11) is 0. The third-order valence-corrected chi connectivity index (χ3v) is 4.36. The van der Waals surface area contributed by atoms with E-state index in [9.17, 15) is 4.39 Å². The Morgan fingerprint density at radius 2 is 1.67 bits per heavy atom. The van der Waals surface area contributed by atoms with E-state index in [-0.39, 0.29) is 5.82 Å². The van der Waals surface area contributed by atoms with Crippen LogP contribution in [-0.4, -0.2) is 6.04 Å². The fraction of sp³-hybridized carbons (Fsp3) is 0.368. The highest BCUT2D eigenvalue weighted by atomic mass is 19.1. The van der Waals surface area contributed by atoms with Crippen LogP contribution >= 0.6 is 0 Å². The lowest BCUT2D eigenvalue weighted by Gasteiger charge is -2.15. The summed E-state index contributed by atoms with van der Waals surface area (Å²) >= 11 is 0. The molecule has 2 heteroatoms. The SMILES string of the molecule is Cc1cc(C)c(-c2cc(F)ccc2CNC2CC2)cc1C. The molecular weight excluding hydrogens is 261 g/mol. The summed E-state index contributed by atoms with van der Waals surface area (Å²) in [6, 6.07) is 10.2. The fourth-order valence-corrected chi connectivity index (χ4v) is 2.75. The molecule has 1 saturated carbocycles. The zero-order valence-electron chi connectivity index (χ0n) is 13.0. The molecule has 0 aromatic heterocycles. The average molecular weight is 283 g/mol. The molecule has 1 fully saturated rings. The maximum absolute atomic E-state index is 13.7. The molecule has 21 heavy (non-hydrogen) atoms. The third-order valence-electron chi connectivity index (χ3n) is 4.36. The Labute approximate surface area is 126 Å². The molecule has 110 valence electrons. The topological polar surface area (TPSA) is 12.0 Å². The lowest BCUT2D eigenvalue weighted by atomic mass is 9.92. The molecule has 0 bridgehead atoms. The second kappa shape index (κ2) is 5.61. The van der Waals surface area contributed by atoms with Gasteiger partial charge in [0.05, 0.1) is 0 Å². The monoisotopic (exact) mass is 283 g/mol. The van der Waals surface area contributed by atoms with Crippen LogP contribution in [0.3, 0.4) is 0 Å². The van der Waals surface area contributed by atoms with Gasteiger partial charge in [0.2, 0.25) is 0 Å². The molecule has 2 aromatic carbocycles. The van der Waals surface area contributed by atoms with Crippen LogP contribution in [0.15, 0.2) is 30.3 Å². The molecule has 0 aliphatic heterocycles. The fourth-order valence-electron chi connectivity index (χ4n) is 2.75. The minimum atomic E-state index is -0.169. The molecule has 0 unspecified atom stereocenters. The average Bonchev–Trinajstić information content (AvgIpc) is 3.25. The van der Waals surface area contributed by atoms with Crippen molar-refractivity contribution in [3.8, 4) is 11.1 Å². The molecule has 2 aromatic rings. The number of nitrogens with one attached hydrogen (secondary N) is 1. The molecule has 0 saturated heterocycles. The minimum Gasteiger partial charge on any atom is -0.310 e. The van der Waals surface area contributed by atoms with Crippen molar-refractivity contribution in [1.29, 1.82) is 0 Å². The normalized spacial score (nSPS) is 14.5. The highest BCUT2D eigenvalue weighted by molar-refractivity contribution is 5.72. The van der Waals surface area contributed by atoms with Crippen molar-refractivity contribution in [2.24, 2.45) is 0 Å². The van der Waals surface area contributed by atoms with Gasteiger partial charge in [0, 0.05) is 12.6 Å². The van der Waals surface area contributed by atoms with Gasteiger partial charge >= 0.3 is 0 Å². The number of benzene rings is 2. The second-order valence-electron chi connectivity index (χ2n) is 6.21. The van der Waals surface area contributed by atoms with E-state index >= 15 is 0 Å². The van der Waals surface area contributed by atoms with Gasteiger partial charge in [-0.15, -0.1) is 0 Å². The van der Waals surface area contributed by atoms with Gasteiger partial charge in [-0.25, -0.2) is 4.39 Å². The Morgan fingerprint density at radius 1 is 0.952 bits per heavy atom. The van der Waals surface area contributed by atoms with E-state index in [1.165, 1.54) is 35.1 Å². The zero-order chi connectivity index (χ0) is 15.0. The van der Waals surface area contributed by atoms with Crippen LogP contribution in [-0.2, 0) is 6.54 Å². The Morgan fingerprint density at radius 3 is 2.38 bits per heavy atom. The number of hydrogen-bond acceptors (Lipinski definition) is 1. The maximum Gasteiger partial charge on any atom is 0.123 e. The summed E-state index contributed by atoms with van der Waals surface area (Å²) < 4.78 is 13.7. The Bertz CT molecular complexity index is 672. The Balaban J connectivity index is 2.02. The third kappa shape index (κ3) is 3.16. The lowest BCUT2D eigenvalue weighted by molar-refractivity contribution is 0.625. The smallest absolute Gasteiger partial charge is 0.123 e. The molecule has 1 aliphatic rings. The van der Waals surface area contributed by atoms with Crippen LogP contribution in [0.25, 0.3) is 11.1 Å². The first-order valence-electron chi connectivity index (χ1n) is 7.64. The van der Waals surface area contributed by atoms with Gasteiger partial charge in [-0.2, -0.15) is 0 Å². The molecule has 1 nitrogen and oxygen atoms in total. The zero-order valence-corrected chi connectivity index (χ0v) is 13.0. The van der Waals surface area contributed by atoms with E-state index in [0.717, 1.165) is 17.7 Å². The van der Waals surface area contributed by atoms with Gasteiger partial charge in [-0.05, 0) is 79.1 Å². The van der Waals surface area contributed by atoms with E-state index in [2.05, 4.69) is 38.2 Å². The standard InChI is InChI=1S/C19H22FN/c1-12-8-14(3)18(9-13(12)2)19-10-16(20)5-4-15(19)11-21-17-6-7-17/h4-5,8-10,17,21H,6-7,11H2,1-3H3. The van der Waals surface area contributed by atoms with E-state index in [4.69, 9.17) is 0 Å². The van der Waals surface area contributed by atoms with Crippen molar-refractivity contribution >= 4 is 0 Å². The molecule has 0 atom stereocenters. The van der Waals surface area contributed by atoms with Gasteiger partial charge in [0.25, 0.3) is 0 Å². The molecule has 1 N–H and O–H groups in total. The molecule has 0 spiro atoms. The Kier molecular flexibility index (Phi) is 3.81. The summed E-state index contributed by atoms with van der Waals surface area (Å²) in [5, 5.41) is 3.53. The molecule has 3 rings (SSSR count). The molecule has 1 aliphatic carbocycles. The lowest BCUT2D eigenvalue weighted by Crippen LogP contribution is -2.16. The highest BCUT2D eigenvalue weighted by Crippen LogP contribution is 2.30. The second-order valence-corrected chi connectivity index (χ2v) is 6.21. The van der Waals surface area contributed by atoms with Crippen LogP contribution in [0, 0.1) is 26.6 Å². The summed E-state index contributed by atoms with van der Waals surface area (Å²) in [6.45, 7) is 7.14. The first kappa shape index (κ1) is 14.3. The van der Waals surface area contributed by atoms with Gasteiger partial charge in [-0.3, -0.25) is 0 Å².